The van der Waals surface area contributed by atoms with Crippen molar-refractivity contribution in [3.63, 3.8) is 0 Å². The molecule has 9 heteroatoms. The van der Waals surface area contributed by atoms with Crippen molar-refractivity contribution in [2.24, 2.45) is 0 Å². The molecule has 0 atom stereocenters. The molecule has 0 saturated heterocycles. The van der Waals surface area contributed by atoms with Crippen molar-refractivity contribution in [1.29, 1.82) is 0 Å². The molecule has 0 fully saturated rings. The predicted molar refractivity (Wildman–Crippen MR) is 132 cm³/mol. The molecule has 0 aromatic heterocycles. The normalized spacial score (nSPS) is 10.6. The SMILES string of the molecule is COc1ccc(Oc2ccc(C(=O)c3ccc(C)cc3)cc2)c(S(=O)(=O)O)c1.II. The molecule has 6 nitrogen and oxygen atoms in total. The zero-order chi connectivity index (χ0) is 22.3. The van der Waals surface area contributed by atoms with Gasteiger partial charge in [0.05, 0.1) is 7.11 Å². The monoisotopic (exact) mass is 652 g/mol. The summed E-state index contributed by atoms with van der Waals surface area (Å²) in [6.07, 6.45) is 0. The van der Waals surface area contributed by atoms with Crippen LogP contribution in [0.5, 0.6) is 17.2 Å². The molecule has 0 aliphatic carbocycles. The van der Waals surface area contributed by atoms with Gasteiger partial charge in [0.2, 0.25) is 0 Å². The van der Waals surface area contributed by atoms with Crippen LogP contribution in [0.3, 0.4) is 0 Å². The molecule has 158 valence electrons. The lowest BCUT2D eigenvalue weighted by molar-refractivity contribution is 0.103. The van der Waals surface area contributed by atoms with Crippen molar-refractivity contribution >= 4 is 53.1 Å². The summed E-state index contributed by atoms with van der Waals surface area (Å²) in [5, 5.41) is 0. The highest BCUT2D eigenvalue weighted by atomic mass is 128. The van der Waals surface area contributed by atoms with E-state index in [4.69, 9.17) is 9.47 Å². The lowest BCUT2D eigenvalue weighted by atomic mass is 10.0. The van der Waals surface area contributed by atoms with Crippen LogP contribution in [-0.4, -0.2) is 25.9 Å². The Balaban J connectivity index is 0.00000155. The topological polar surface area (TPSA) is 89.9 Å². The van der Waals surface area contributed by atoms with Crippen molar-refractivity contribution in [2.75, 3.05) is 7.11 Å². The maximum atomic E-state index is 12.5. The minimum Gasteiger partial charge on any atom is -0.497 e. The van der Waals surface area contributed by atoms with Crippen LogP contribution in [0.4, 0.5) is 0 Å². The van der Waals surface area contributed by atoms with Gasteiger partial charge in [0.25, 0.3) is 10.1 Å². The fourth-order valence-electron chi connectivity index (χ4n) is 2.57. The molecule has 3 aromatic carbocycles. The molecule has 30 heavy (non-hydrogen) atoms. The summed E-state index contributed by atoms with van der Waals surface area (Å²) in [6.45, 7) is 1.94. The Kier molecular flexibility index (Phi) is 9.07. The molecular weight excluding hydrogens is 634 g/mol. The Morgan fingerprint density at radius 2 is 1.37 bits per heavy atom. The van der Waals surface area contributed by atoms with Crippen LogP contribution in [0.1, 0.15) is 21.5 Å². The van der Waals surface area contributed by atoms with Crippen LogP contribution in [-0.2, 0) is 10.1 Å². The Labute approximate surface area is 198 Å². The first kappa shape index (κ1) is 24.6. The molecule has 3 rings (SSSR count). The molecule has 3 aromatic rings. The van der Waals surface area contributed by atoms with Gasteiger partial charge in [-0.2, -0.15) is 8.42 Å². The summed E-state index contributed by atoms with van der Waals surface area (Å²) in [5.74, 6) is 0.394. The predicted octanol–water partition coefficient (Wildman–Crippen LogP) is 6.05. The Hall–Kier alpha value is -1.70. The molecule has 0 bridgehead atoms. The van der Waals surface area contributed by atoms with Crippen molar-refractivity contribution in [3.8, 4) is 17.2 Å². The number of methoxy groups -OCH3 is 1. The van der Waals surface area contributed by atoms with Crippen LogP contribution < -0.4 is 9.47 Å². The van der Waals surface area contributed by atoms with Gasteiger partial charge in [-0.25, -0.2) is 0 Å². The van der Waals surface area contributed by atoms with Crippen molar-refractivity contribution in [2.45, 2.75) is 11.8 Å². The third kappa shape index (κ3) is 6.40. The van der Waals surface area contributed by atoms with Gasteiger partial charge in [-0.15, -0.1) is 0 Å². The second kappa shape index (κ2) is 11.1. The number of ketones is 1. The molecule has 0 unspecified atom stereocenters. The molecule has 0 aliphatic rings. The minimum atomic E-state index is -4.51. The van der Waals surface area contributed by atoms with Crippen LogP contribution >= 0.6 is 37.2 Å². The number of hydrogen-bond acceptors (Lipinski definition) is 5. The second-order valence-corrected chi connectivity index (χ2v) is 7.50. The van der Waals surface area contributed by atoms with Gasteiger partial charge in [0.1, 0.15) is 22.1 Å². The zero-order valence-corrected chi connectivity index (χ0v) is 21.1. The van der Waals surface area contributed by atoms with Gasteiger partial charge in [-0.1, -0.05) is 29.8 Å². The first-order valence-corrected chi connectivity index (χ1v) is 16.2. The van der Waals surface area contributed by atoms with E-state index in [1.807, 2.05) is 19.1 Å². The fraction of sp³-hybridized carbons (Fsp3) is 0.0952. The zero-order valence-electron chi connectivity index (χ0n) is 16.0. The number of halogens is 2. The van der Waals surface area contributed by atoms with Gasteiger partial charge >= 0.3 is 0 Å². The number of aryl methyl sites for hydroxylation is 1. The molecule has 1 N–H and O–H groups in total. The number of ether oxygens (including phenoxy) is 2. The molecular formula is C21H18I2O6S. The van der Waals surface area contributed by atoms with E-state index in [0.717, 1.165) is 5.56 Å². The summed E-state index contributed by atoms with van der Waals surface area (Å²) in [5.41, 5.74) is 2.11. The molecule has 0 saturated carbocycles. The number of rotatable bonds is 6. The number of hydrogen-bond donors (Lipinski definition) is 1. The number of carbonyl (C=O) groups excluding carboxylic acids is 1. The fourth-order valence-corrected chi connectivity index (χ4v) is 3.20. The highest BCUT2D eigenvalue weighted by molar-refractivity contribution is 15.0. The van der Waals surface area contributed by atoms with E-state index in [1.165, 1.54) is 25.3 Å². The molecule has 0 aliphatic heterocycles. The summed E-state index contributed by atoms with van der Waals surface area (Å²) >= 11 is 4.24. The molecule has 0 amide bonds. The minimum absolute atomic E-state index is 0.0547. The van der Waals surface area contributed by atoms with E-state index < -0.39 is 15.0 Å². The maximum absolute atomic E-state index is 12.5. The third-order valence-corrected chi connectivity index (χ3v) is 4.96. The largest absolute Gasteiger partial charge is 0.497 e. The van der Waals surface area contributed by atoms with Crippen LogP contribution in [0.2, 0.25) is 0 Å². The van der Waals surface area contributed by atoms with Gasteiger partial charge in [0.15, 0.2) is 5.78 Å². The quantitative estimate of drug-likeness (QED) is 0.199. The van der Waals surface area contributed by atoms with Crippen LogP contribution in [0.25, 0.3) is 0 Å². The van der Waals surface area contributed by atoms with E-state index in [2.05, 4.69) is 37.2 Å². The van der Waals surface area contributed by atoms with Crippen molar-refractivity contribution in [1.82, 2.24) is 0 Å². The van der Waals surface area contributed by atoms with E-state index in [-0.39, 0.29) is 17.3 Å². The van der Waals surface area contributed by atoms with Crippen LogP contribution in [0, 0.1) is 6.92 Å². The third-order valence-electron chi connectivity index (χ3n) is 4.09. The first-order chi connectivity index (χ1) is 14.3. The summed E-state index contributed by atoms with van der Waals surface area (Å²) < 4.78 is 43.2. The number of benzene rings is 3. The lowest BCUT2D eigenvalue weighted by Crippen LogP contribution is -2.03. The first-order valence-electron chi connectivity index (χ1n) is 8.47. The standard InChI is InChI=1S/C21H18O6S.I2/c1-14-3-5-15(6-4-14)21(22)16-7-9-17(10-8-16)27-19-12-11-18(26-2)13-20(19)28(23,24)25;1-2/h3-13H,1-2H3,(H,23,24,25);. The van der Waals surface area contributed by atoms with Crippen molar-refractivity contribution < 1.29 is 27.2 Å². The van der Waals surface area contributed by atoms with E-state index in [9.17, 15) is 17.8 Å². The van der Waals surface area contributed by atoms with E-state index >= 15 is 0 Å². The summed E-state index contributed by atoms with van der Waals surface area (Å²) in [4.78, 5) is 12.1. The van der Waals surface area contributed by atoms with E-state index in [0.29, 0.717) is 16.9 Å². The average molecular weight is 652 g/mol. The lowest BCUT2D eigenvalue weighted by Gasteiger charge is -2.11. The Bertz CT molecular complexity index is 1110. The number of carbonyl (C=O) groups is 1. The van der Waals surface area contributed by atoms with Gasteiger partial charge in [0, 0.05) is 54.4 Å². The van der Waals surface area contributed by atoms with Crippen molar-refractivity contribution in [3.05, 3.63) is 83.4 Å². The highest BCUT2D eigenvalue weighted by Crippen LogP contribution is 2.32. The summed E-state index contributed by atoms with van der Waals surface area (Å²) in [7, 11) is -3.12. The average Bonchev–Trinajstić information content (AvgIpc) is 2.75. The van der Waals surface area contributed by atoms with E-state index in [1.54, 1.807) is 36.4 Å². The van der Waals surface area contributed by atoms with Gasteiger partial charge in [-0.05, 0) is 43.3 Å². The highest BCUT2D eigenvalue weighted by Gasteiger charge is 2.19. The Morgan fingerprint density at radius 3 is 1.87 bits per heavy atom. The van der Waals surface area contributed by atoms with Gasteiger partial charge in [-0.3, -0.25) is 9.35 Å². The second-order valence-electron chi connectivity index (χ2n) is 6.11. The molecule has 0 spiro atoms. The Morgan fingerprint density at radius 1 is 0.867 bits per heavy atom. The van der Waals surface area contributed by atoms with Crippen LogP contribution in [0.15, 0.2) is 71.6 Å². The maximum Gasteiger partial charge on any atom is 0.298 e. The smallest absolute Gasteiger partial charge is 0.298 e. The summed E-state index contributed by atoms with van der Waals surface area (Å²) in [6, 6.07) is 17.6. The molecule has 0 heterocycles. The molecule has 0 radical (unpaired) electrons. The van der Waals surface area contributed by atoms with Gasteiger partial charge < -0.3 is 9.47 Å².